The fourth-order valence-electron chi connectivity index (χ4n) is 3.69. The summed E-state index contributed by atoms with van der Waals surface area (Å²) in [5, 5.41) is 0.131. The Labute approximate surface area is 264 Å². The Kier molecular flexibility index (Phi) is 10.1. The van der Waals surface area contributed by atoms with Crippen molar-refractivity contribution in [2.24, 2.45) is 0 Å². The van der Waals surface area contributed by atoms with Gasteiger partial charge in [0.15, 0.2) is 0 Å². The van der Waals surface area contributed by atoms with Crippen LogP contribution in [-0.4, -0.2) is 15.0 Å². The molecule has 0 aliphatic heterocycles. The smallest absolute Gasteiger partial charge is 0.215 e. The fourth-order valence-corrected chi connectivity index (χ4v) is 7.87. The van der Waals surface area contributed by atoms with Crippen molar-refractivity contribution >= 4 is 71.3 Å². The van der Waals surface area contributed by atoms with E-state index in [0.29, 0.717) is 11.9 Å². The number of aromatic nitrogens is 3. The quantitative estimate of drug-likeness (QED) is 0.140. The van der Waals surface area contributed by atoms with Crippen LogP contribution >= 0.6 is 59.4 Å². The van der Waals surface area contributed by atoms with E-state index in [9.17, 15) is 0 Å². The molecular weight excluding hydrogens is 606 g/mol. The number of halogens is 1. The molecule has 10 heteroatoms. The van der Waals surface area contributed by atoms with Crippen molar-refractivity contribution < 1.29 is 0 Å². The van der Waals surface area contributed by atoms with E-state index in [2.05, 4.69) is 86.2 Å². The SMILES string of the molecule is Cc1ccccc1SN(Sc1ccccc1C)c1nc(Cl)nc(N(Sc2ccccc2C)Sc2ccccc2C)n1. The van der Waals surface area contributed by atoms with Crippen LogP contribution < -0.4 is 7.42 Å². The van der Waals surface area contributed by atoms with Gasteiger partial charge in [0.25, 0.3) is 11.9 Å². The second-order valence-electron chi connectivity index (χ2n) is 9.15. The van der Waals surface area contributed by atoms with Crippen LogP contribution in [0.1, 0.15) is 22.3 Å². The summed E-state index contributed by atoms with van der Waals surface area (Å²) in [6, 6.07) is 33.1. The first-order chi connectivity index (χ1) is 19.9. The summed E-state index contributed by atoms with van der Waals surface area (Å²) in [4.78, 5) is 18.6. The Morgan fingerprint density at radius 2 is 0.707 bits per heavy atom. The van der Waals surface area contributed by atoms with Crippen LogP contribution in [0.2, 0.25) is 5.28 Å². The number of aryl methyl sites for hydroxylation is 4. The van der Waals surface area contributed by atoms with Gasteiger partial charge in [0.2, 0.25) is 5.28 Å². The van der Waals surface area contributed by atoms with Gasteiger partial charge in [-0.3, -0.25) is 0 Å². The predicted octanol–water partition coefficient (Wildman–Crippen LogP) is 10.2. The van der Waals surface area contributed by atoms with Crippen molar-refractivity contribution in [1.29, 1.82) is 0 Å². The van der Waals surface area contributed by atoms with Gasteiger partial charge in [-0.1, -0.05) is 72.8 Å². The van der Waals surface area contributed by atoms with E-state index in [0.717, 1.165) is 19.6 Å². The van der Waals surface area contributed by atoms with Gasteiger partial charge in [0.1, 0.15) is 0 Å². The maximum atomic E-state index is 6.62. The molecule has 5 rings (SSSR count). The van der Waals surface area contributed by atoms with Crippen molar-refractivity contribution in [2.45, 2.75) is 47.3 Å². The van der Waals surface area contributed by atoms with Crippen LogP contribution in [0.15, 0.2) is 117 Å². The monoisotopic (exact) mass is 633 g/mol. The number of benzene rings is 4. The second-order valence-corrected chi connectivity index (χ2v) is 13.9. The molecule has 1 heterocycles. The molecule has 5 nitrogen and oxygen atoms in total. The third-order valence-electron chi connectivity index (χ3n) is 6.01. The summed E-state index contributed by atoms with van der Waals surface area (Å²) in [7, 11) is 0. The summed E-state index contributed by atoms with van der Waals surface area (Å²) in [6.45, 7) is 8.41. The Bertz CT molecular complexity index is 1440. The van der Waals surface area contributed by atoms with E-state index in [-0.39, 0.29) is 5.28 Å². The number of hydrogen-bond donors (Lipinski definition) is 0. The van der Waals surface area contributed by atoms with E-state index in [1.54, 1.807) is 47.8 Å². The molecule has 0 unspecified atom stereocenters. The molecule has 0 bridgehead atoms. The lowest BCUT2D eigenvalue weighted by Crippen LogP contribution is -2.14. The Morgan fingerprint density at radius 1 is 0.439 bits per heavy atom. The highest BCUT2D eigenvalue weighted by atomic mass is 35.5. The minimum atomic E-state index is 0.131. The summed E-state index contributed by atoms with van der Waals surface area (Å²) < 4.78 is 4.02. The maximum Gasteiger partial charge on any atom is 0.252 e. The molecule has 0 N–H and O–H groups in total. The Hall–Kier alpha value is -2.82. The molecule has 0 amide bonds. The summed E-state index contributed by atoms with van der Waals surface area (Å²) in [5.41, 5.74) is 4.67. The number of anilines is 2. The van der Waals surface area contributed by atoms with Crippen molar-refractivity contribution in [3.8, 4) is 0 Å². The third kappa shape index (κ3) is 7.72. The third-order valence-corrected chi connectivity index (χ3v) is 11.0. The normalized spacial score (nSPS) is 11.0. The predicted molar refractivity (Wildman–Crippen MR) is 178 cm³/mol. The van der Waals surface area contributed by atoms with Crippen LogP contribution in [0.25, 0.3) is 0 Å². The zero-order valence-corrected chi connectivity index (χ0v) is 27.0. The zero-order valence-electron chi connectivity index (χ0n) is 23.0. The standard InChI is InChI=1S/C31H28ClN5S4/c1-21-13-5-9-17-25(21)38-36(39-26-18-10-6-14-22(26)2)30-33-29(32)34-31(35-30)37(40-27-19-11-7-15-23(27)3)41-28-20-12-8-16-24(28)4/h5-20H,1-4H3. The summed E-state index contributed by atoms with van der Waals surface area (Å²) in [6.07, 6.45) is 0. The largest absolute Gasteiger partial charge is 0.252 e. The first-order valence-electron chi connectivity index (χ1n) is 12.8. The molecule has 0 fully saturated rings. The average Bonchev–Trinajstić information content (AvgIpc) is 2.96. The minimum absolute atomic E-state index is 0.131. The van der Waals surface area contributed by atoms with Crippen LogP contribution in [0.5, 0.6) is 0 Å². The zero-order chi connectivity index (χ0) is 28.8. The highest BCUT2D eigenvalue weighted by Gasteiger charge is 2.23. The minimum Gasteiger partial charge on any atom is -0.215 e. The van der Waals surface area contributed by atoms with Crippen LogP contribution in [-0.2, 0) is 0 Å². The molecular formula is C31H28ClN5S4. The van der Waals surface area contributed by atoms with Gasteiger partial charge in [0.05, 0.1) is 0 Å². The number of nitrogens with zero attached hydrogens (tertiary/aromatic N) is 5. The van der Waals surface area contributed by atoms with E-state index in [4.69, 9.17) is 16.6 Å². The van der Waals surface area contributed by atoms with E-state index < -0.39 is 0 Å². The van der Waals surface area contributed by atoms with Crippen molar-refractivity contribution in [1.82, 2.24) is 15.0 Å². The van der Waals surface area contributed by atoms with Gasteiger partial charge in [-0.2, -0.15) is 15.0 Å². The molecule has 208 valence electrons. The Balaban J connectivity index is 1.57. The van der Waals surface area contributed by atoms with Crippen LogP contribution in [0, 0.1) is 27.7 Å². The molecule has 0 radical (unpaired) electrons. The first kappa shape index (κ1) is 29.7. The van der Waals surface area contributed by atoms with Crippen molar-refractivity contribution in [3.63, 3.8) is 0 Å². The highest BCUT2D eigenvalue weighted by Crippen LogP contribution is 2.43. The van der Waals surface area contributed by atoms with E-state index in [1.165, 1.54) is 22.3 Å². The molecule has 0 spiro atoms. The van der Waals surface area contributed by atoms with Crippen molar-refractivity contribution in [3.05, 3.63) is 125 Å². The number of rotatable bonds is 10. The highest BCUT2D eigenvalue weighted by molar-refractivity contribution is 8.18. The molecule has 41 heavy (non-hydrogen) atoms. The topological polar surface area (TPSA) is 45.2 Å². The van der Waals surface area contributed by atoms with Gasteiger partial charge in [0, 0.05) is 67.4 Å². The lowest BCUT2D eigenvalue weighted by molar-refractivity contribution is 1.05. The van der Waals surface area contributed by atoms with Gasteiger partial charge >= 0.3 is 0 Å². The molecule has 0 aliphatic carbocycles. The van der Waals surface area contributed by atoms with Gasteiger partial charge in [-0.05, 0) is 85.8 Å². The second kappa shape index (κ2) is 13.9. The summed E-state index contributed by atoms with van der Waals surface area (Å²) in [5.74, 6) is 0.921. The maximum absolute atomic E-state index is 6.62. The molecule has 0 aliphatic rings. The van der Waals surface area contributed by atoms with Crippen LogP contribution in [0.4, 0.5) is 11.9 Å². The lowest BCUT2D eigenvalue weighted by atomic mass is 10.2. The molecule has 0 saturated carbocycles. The molecule has 1 aromatic heterocycles. The average molecular weight is 634 g/mol. The number of hydrogen-bond acceptors (Lipinski definition) is 9. The summed E-state index contributed by atoms with van der Waals surface area (Å²) >= 11 is 12.9. The van der Waals surface area contributed by atoms with Gasteiger partial charge < -0.3 is 0 Å². The van der Waals surface area contributed by atoms with Gasteiger partial charge in [-0.25, -0.2) is 7.42 Å². The lowest BCUT2D eigenvalue weighted by Gasteiger charge is -2.24. The molecule has 0 atom stereocenters. The van der Waals surface area contributed by atoms with Gasteiger partial charge in [-0.15, -0.1) is 0 Å². The molecule has 4 aromatic carbocycles. The van der Waals surface area contributed by atoms with Crippen molar-refractivity contribution in [2.75, 3.05) is 7.42 Å². The Morgan fingerprint density at radius 3 is 0.976 bits per heavy atom. The van der Waals surface area contributed by atoms with E-state index >= 15 is 0 Å². The molecule has 0 saturated heterocycles. The fraction of sp³-hybridized carbons (Fsp3) is 0.129. The van der Waals surface area contributed by atoms with E-state index in [1.807, 2.05) is 56.0 Å². The first-order valence-corrected chi connectivity index (χ1v) is 16.3. The van der Waals surface area contributed by atoms with Crippen LogP contribution in [0.3, 0.4) is 0 Å². The molecule has 5 aromatic rings.